The van der Waals surface area contributed by atoms with Gasteiger partial charge in [0.25, 0.3) is 5.91 Å². The fourth-order valence-corrected chi connectivity index (χ4v) is 1.89. The lowest BCUT2D eigenvalue weighted by Crippen LogP contribution is -2.45. The van der Waals surface area contributed by atoms with Crippen LogP contribution >= 0.6 is 15.9 Å². The van der Waals surface area contributed by atoms with Gasteiger partial charge in [0.2, 0.25) is 0 Å². The minimum atomic E-state index is -0.619. The second-order valence-corrected chi connectivity index (χ2v) is 5.28. The third-order valence-electron chi connectivity index (χ3n) is 3.06. The molecule has 1 rings (SSSR count). The van der Waals surface area contributed by atoms with Crippen molar-refractivity contribution in [2.75, 3.05) is 7.11 Å². The lowest BCUT2D eigenvalue weighted by molar-refractivity contribution is -0.144. The summed E-state index contributed by atoms with van der Waals surface area (Å²) in [6.07, 6.45) is 0.778. The number of nitrogens with one attached hydrogen (secondary N) is 1. The van der Waals surface area contributed by atoms with Crippen LogP contribution in [-0.2, 0) is 9.53 Å². The summed E-state index contributed by atoms with van der Waals surface area (Å²) in [6.45, 7) is 3.87. The molecule has 0 radical (unpaired) electrons. The van der Waals surface area contributed by atoms with Crippen molar-refractivity contribution >= 4 is 27.8 Å². The van der Waals surface area contributed by atoms with E-state index in [0.29, 0.717) is 5.56 Å². The van der Waals surface area contributed by atoms with Gasteiger partial charge < -0.3 is 10.1 Å². The maximum atomic E-state index is 12.1. The van der Waals surface area contributed by atoms with Crippen LogP contribution < -0.4 is 5.32 Å². The number of benzene rings is 1. The van der Waals surface area contributed by atoms with Crippen molar-refractivity contribution in [3.63, 3.8) is 0 Å². The molecule has 0 bridgehead atoms. The van der Waals surface area contributed by atoms with Crippen molar-refractivity contribution in [3.05, 3.63) is 34.3 Å². The minimum Gasteiger partial charge on any atom is -0.467 e. The molecule has 1 amide bonds. The lowest BCUT2D eigenvalue weighted by Gasteiger charge is -2.21. The molecule has 19 heavy (non-hydrogen) atoms. The molecule has 0 aliphatic heterocycles. The van der Waals surface area contributed by atoms with Crippen LogP contribution in [0.3, 0.4) is 0 Å². The average molecular weight is 328 g/mol. The molecule has 5 heteroatoms. The Kier molecular flexibility index (Phi) is 6.02. The van der Waals surface area contributed by atoms with E-state index in [1.165, 1.54) is 7.11 Å². The monoisotopic (exact) mass is 327 g/mol. The Hall–Kier alpha value is -1.36. The third kappa shape index (κ3) is 4.35. The zero-order valence-electron chi connectivity index (χ0n) is 11.3. The Balaban J connectivity index is 2.81. The number of hydrogen-bond acceptors (Lipinski definition) is 3. The Morgan fingerprint density at radius 3 is 2.37 bits per heavy atom. The van der Waals surface area contributed by atoms with Gasteiger partial charge in [-0.05, 0) is 30.2 Å². The summed E-state index contributed by atoms with van der Waals surface area (Å²) in [7, 11) is 1.32. The van der Waals surface area contributed by atoms with Crippen LogP contribution in [0.5, 0.6) is 0 Å². The van der Waals surface area contributed by atoms with Crippen LogP contribution in [0.15, 0.2) is 28.7 Å². The summed E-state index contributed by atoms with van der Waals surface area (Å²) >= 11 is 3.31. The molecule has 0 heterocycles. The molecular weight excluding hydrogens is 310 g/mol. The summed E-state index contributed by atoms with van der Waals surface area (Å²) in [5.41, 5.74) is 0.514. The number of methoxy groups -OCH3 is 1. The molecule has 4 nitrogen and oxygen atoms in total. The van der Waals surface area contributed by atoms with Crippen LogP contribution in [0, 0.1) is 5.92 Å². The highest BCUT2D eigenvalue weighted by atomic mass is 79.9. The largest absolute Gasteiger partial charge is 0.467 e. The van der Waals surface area contributed by atoms with Gasteiger partial charge in [0.1, 0.15) is 6.04 Å². The van der Waals surface area contributed by atoms with Crippen molar-refractivity contribution < 1.29 is 14.3 Å². The lowest BCUT2D eigenvalue weighted by atomic mass is 9.99. The molecule has 104 valence electrons. The first-order chi connectivity index (χ1) is 8.99. The quantitative estimate of drug-likeness (QED) is 0.846. The van der Waals surface area contributed by atoms with Crippen LogP contribution in [0.4, 0.5) is 0 Å². The van der Waals surface area contributed by atoms with E-state index in [1.807, 2.05) is 13.8 Å². The van der Waals surface area contributed by atoms with E-state index in [-0.39, 0.29) is 11.8 Å². The molecule has 0 spiro atoms. The van der Waals surface area contributed by atoms with Crippen molar-refractivity contribution in [1.82, 2.24) is 5.32 Å². The van der Waals surface area contributed by atoms with E-state index in [9.17, 15) is 9.59 Å². The van der Waals surface area contributed by atoms with Gasteiger partial charge in [-0.25, -0.2) is 4.79 Å². The van der Waals surface area contributed by atoms with Crippen LogP contribution in [0.25, 0.3) is 0 Å². The zero-order valence-corrected chi connectivity index (χ0v) is 12.9. The van der Waals surface area contributed by atoms with Gasteiger partial charge in [-0.3, -0.25) is 4.79 Å². The van der Waals surface area contributed by atoms with Gasteiger partial charge in [-0.2, -0.15) is 0 Å². The summed E-state index contributed by atoms with van der Waals surface area (Å²) in [6, 6.07) is 6.34. The minimum absolute atomic E-state index is 0.0202. The van der Waals surface area contributed by atoms with Crippen molar-refractivity contribution in [3.8, 4) is 0 Å². The van der Waals surface area contributed by atoms with E-state index in [2.05, 4.69) is 21.2 Å². The van der Waals surface area contributed by atoms with Crippen LogP contribution in [0.1, 0.15) is 30.6 Å². The van der Waals surface area contributed by atoms with Gasteiger partial charge in [0.05, 0.1) is 7.11 Å². The Bertz CT molecular complexity index is 445. The van der Waals surface area contributed by atoms with Crippen molar-refractivity contribution in [2.24, 2.45) is 5.92 Å². The molecule has 1 unspecified atom stereocenters. The van der Waals surface area contributed by atoms with E-state index >= 15 is 0 Å². The Labute approximate surface area is 121 Å². The maximum Gasteiger partial charge on any atom is 0.328 e. The zero-order chi connectivity index (χ0) is 14.4. The van der Waals surface area contributed by atoms with Gasteiger partial charge >= 0.3 is 5.97 Å². The van der Waals surface area contributed by atoms with Crippen molar-refractivity contribution in [2.45, 2.75) is 26.3 Å². The second-order valence-electron chi connectivity index (χ2n) is 4.37. The summed E-state index contributed by atoms with van der Waals surface area (Å²) in [4.78, 5) is 23.8. The SMILES string of the molecule is CCC(C)[C@@H](NC(=O)c1ccc(Br)cc1)C(=O)OC. The number of carbonyl (C=O) groups excluding carboxylic acids is 2. The number of esters is 1. The van der Waals surface area contributed by atoms with Gasteiger partial charge in [0.15, 0.2) is 0 Å². The number of carbonyl (C=O) groups is 2. The topological polar surface area (TPSA) is 55.4 Å². The standard InChI is InChI=1S/C14H18BrNO3/c1-4-9(2)12(14(18)19-3)16-13(17)10-5-7-11(15)8-6-10/h5-9,12H,4H2,1-3H3,(H,16,17)/t9?,12-/m1/s1. The molecular formula is C14H18BrNO3. The predicted molar refractivity (Wildman–Crippen MR) is 76.9 cm³/mol. The van der Waals surface area contributed by atoms with E-state index in [0.717, 1.165) is 10.9 Å². The van der Waals surface area contributed by atoms with Crippen molar-refractivity contribution in [1.29, 1.82) is 0 Å². The van der Waals surface area contributed by atoms with E-state index in [1.54, 1.807) is 24.3 Å². The molecule has 0 saturated heterocycles. The fraction of sp³-hybridized carbons (Fsp3) is 0.429. The number of rotatable bonds is 5. The van der Waals surface area contributed by atoms with Gasteiger partial charge in [-0.15, -0.1) is 0 Å². The molecule has 0 saturated carbocycles. The Morgan fingerprint density at radius 1 is 1.32 bits per heavy atom. The normalized spacial score (nSPS) is 13.5. The predicted octanol–water partition coefficient (Wildman–Crippen LogP) is 2.77. The highest BCUT2D eigenvalue weighted by Crippen LogP contribution is 2.13. The molecule has 0 aliphatic carbocycles. The number of halogens is 1. The molecule has 1 aromatic carbocycles. The first kappa shape index (κ1) is 15.7. The highest BCUT2D eigenvalue weighted by Gasteiger charge is 2.26. The van der Waals surface area contributed by atoms with Crippen LogP contribution in [-0.4, -0.2) is 25.0 Å². The van der Waals surface area contributed by atoms with E-state index < -0.39 is 12.0 Å². The Morgan fingerprint density at radius 2 is 1.89 bits per heavy atom. The van der Waals surface area contributed by atoms with E-state index in [4.69, 9.17) is 4.74 Å². The second kappa shape index (κ2) is 7.28. The summed E-state index contributed by atoms with van der Waals surface area (Å²) in [5, 5.41) is 2.73. The van der Waals surface area contributed by atoms with Crippen LogP contribution in [0.2, 0.25) is 0 Å². The molecule has 1 aromatic rings. The third-order valence-corrected chi connectivity index (χ3v) is 3.59. The molecule has 0 aliphatic rings. The number of hydrogen-bond donors (Lipinski definition) is 1. The smallest absolute Gasteiger partial charge is 0.328 e. The first-order valence-electron chi connectivity index (χ1n) is 6.13. The molecule has 1 N–H and O–H groups in total. The average Bonchev–Trinajstić information content (AvgIpc) is 2.43. The molecule has 0 aromatic heterocycles. The first-order valence-corrected chi connectivity index (χ1v) is 6.93. The number of ether oxygens (including phenoxy) is 1. The number of amides is 1. The highest BCUT2D eigenvalue weighted by molar-refractivity contribution is 9.10. The fourth-order valence-electron chi connectivity index (χ4n) is 1.62. The summed E-state index contributed by atoms with van der Waals surface area (Å²) < 4.78 is 5.63. The van der Waals surface area contributed by atoms with Gasteiger partial charge in [0, 0.05) is 10.0 Å². The molecule has 2 atom stereocenters. The maximum absolute atomic E-state index is 12.1. The molecule has 0 fully saturated rings. The summed E-state index contributed by atoms with van der Waals surface area (Å²) in [5.74, 6) is -0.671. The van der Waals surface area contributed by atoms with Gasteiger partial charge in [-0.1, -0.05) is 36.2 Å².